The maximum absolute atomic E-state index is 2.09. The van der Waals surface area contributed by atoms with Gasteiger partial charge < -0.3 is 0 Å². The summed E-state index contributed by atoms with van der Waals surface area (Å²) in [5, 5.41) is 0. The van der Waals surface area contributed by atoms with E-state index in [1.165, 1.54) is 30.8 Å². The van der Waals surface area contributed by atoms with Crippen molar-refractivity contribution in [1.29, 1.82) is 0 Å². The van der Waals surface area contributed by atoms with Gasteiger partial charge in [0.1, 0.15) is 0 Å². The minimum absolute atomic E-state index is 0. The predicted octanol–water partition coefficient (Wildman–Crippen LogP) is 3.41. The van der Waals surface area contributed by atoms with E-state index in [2.05, 4.69) is 11.8 Å². The van der Waals surface area contributed by atoms with E-state index in [1.807, 2.05) is 0 Å². The largest absolute Gasteiger partial charge is 0.162 e. The van der Waals surface area contributed by atoms with E-state index < -0.39 is 0 Å². The SMILES string of the molecule is C1CCSCC1.[P].[S]. The lowest BCUT2D eigenvalue weighted by Crippen LogP contribution is -1.91. The third-order valence-electron chi connectivity index (χ3n) is 1.08. The van der Waals surface area contributed by atoms with Gasteiger partial charge in [-0.15, -0.1) is 0 Å². The van der Waals surface area contributed by atoms with Gasteiger partial charge in [-0.25, -0.2) is 0 Å². The standard InChI is InChI=1S/C5H10S.P.S/c1-2-4-6-5-3-1;;/h1-5H2;;. The molecule has 0 aliphatic carbocycles. The van der Waals surface area contributed by atoms with Crippen molar-refractivity contribution in [2.75, 3.05) is 11.5 Å². The Morgan fingerprint density at radius 3 is 1.50 bits per heavy atom. The van der Waals surface area contributed by atoms with E-state index in [9.17, 15) is 0 Å². The molecule has 1 heterocycles. The second-order valence-electron chi connectivity index (χ2n) is 1.67. The van der Waals surface area contributed by atoms with E-state index in [0.717, 1.165) is 0 Å². The molecule has 0 aromatic rings. The molecule has 5 radical (unpaired) electrons. The van der Waals surface area contributed by atoms with Gasteiger partial charge >= 0.3 is 0 Å². The summed E-state index contributed by atoms with van der Waals surface area (Å²) in [6.45, 7) is 0. The highest BCUT2D eigenvalue weighted by molar-refractivity contribution is 7.99. The topological polar surface area (TPSA) is 0 Å². The highest BCUT2D eigenvalue weighted by Crippen LogP contribution is 2.14. The molecule has 0 aromatic carbocycles. The Bertz CT molecular complexity index is 25.9. The molecular weight excluding hydrogens is 155 g/mol. The van der Waals surface area contributed by atoms with Crippen molar-refractivity contribution in [2.24, 2.45) is 0 Å². The predicted molar refractivity (Wildman–Crippen MR) is 45.7 cm³/mol. The van der Waals surface area contributed by atoms with Crippen LogP contribution in [0.5, 0.6) is 0 Å². The summed E-state index contributed by atoms with van der Waals surface area (Å²) >= 11 is 2.09. The normalized spacial score (nSPS) is 18.0. The molecule has 1 saturated heterocycles. The average molecular weight is 165 g/mol. The average Bonchev–Trinajstić information content (AvgIpc) is 1.72. The van der Waals surface area contributed by atoms with Crippen molar-refractivity contribution in [2.45, 2.75) is 19.3 Å². The van der Waals surface area contributed by atoms with Gasteiger partial charge in [-0.2, -0.15) is 11.8 Å². The molecular formula is C5H10PS2. The Balaban J connectivity index is 0. The Labute approximate surface area is 66.3 Å². The van der Waals surface area contributed by atoms with Gasteiger partial charge in [0.25, 0.3) is 0 Å². The highest BCUT2D eigenvalue weighted by atomic mass is 32.2. The van der Waals surface area contributed by atoms with Gasteiger partial charge in [0.05, 0.1) is 0 Å². The van der Waals surface area contributed by atoms with Crippen LogP contribution in [0.1, 0.15) is 19.3 Å². The lowest BCUT2D eigenvalue weighted by Gasteiger charge is -2.05. The third-order valence-corrected chi connectivity index (χ3v) is 2.23. The molecule has 0 atom stereocenters. The Hall–Kier alpha value is 1.13. The van der Waals surface area contributed by atoms with E-state index in [0.29, 0.717) is 0 Å². The molecule has 1 fully saturated rings. The summed E-state index contributed by atoms with van der Waals surface area (Å²) in [6, 6.07) is 0. The molecule has 1 aliphatic rings. The van der Waals surface area contributed by atoms with Gasteiger partial charge in [0.15, 0.2) is 0 Å². The van der Waals surface area contributed by atoms with Crippen molar-refractivity contribution in [1.82, 2.24) is 0 Å². The first-order valence-electron chi connectivity index (χ1n) is 2.58. The quantitative estimate of drug-likeness (QED) is 0.496. The van der Waals surface area contributed by atoms with E-state index in [4.69, 9.17) is 0 Å². The van der Waals surface area contributed by atoms with Crippen LogP contribution in [-0.2, 0) is 0 Å². The van der Waals surface area contributed by atoms with Crippen LogP contribution in [0.3, 0.4) is 0 Å². The van der Waals surface area contributed by atoms with Gasteiger partial charge in [-0.1, -0.05) is 6.42 Å². The van der Waals surface area contributed by atoms with Crippen molar-refractivity contribution in [3.05, 3.63) is 0 Å². The zero-order chi connectivity index (χ0) is 4.24. The number of rotatable bonds is 0. The molecule has 0 saturated carbocycles. The molecule has 47 valence electrons. The molecule has 1 aliphatic heterocycles. The molecule has 0 nitrogen and oxygen atoms in total. The first kappa shape index (κ1) is 11.9. The van der Waals surface area contributed by atoms with Crippen LogP contribution in [-0.4, -0.2) is 11.5 Å². The smallest absolute Gasteiger partial charge is 0 e. The fourth-order valence-electron chi connectivity index (χ4n) is 0.687. The Morgan fingerprint density at radius 2 is 1.38 bits per heavy atom. The van der Waals surface area contributed by atoms with E-state index >= 15 is 0 Å². The fraction of sp³-hybridized carbons (Fsp3) is 1.00. The Kier molecular flexibility index (Phi) is 12.1. The number of thioether (sulfide) groups is 1. The zero-order valence-corrected chi connectivity index (χ0v) is 7.33. The highest BCUT2D eigenvalue weighted by Gasteiger charge is 1.95. The summed E-state index contributed by atoms with van der Waals surface area (Å²) in [5.41, 5.74) is 0. The van der Waals surface area contributed by atoms with Crippen LogP contribution in [0.15, 0.2) is 0 Å². The van der Waals surface area contributed by atoms with Gasteiger partial charge in [0, 0.05) is 23.4 Å². The van der Waals surface area contributed by atoms with Crippen LogP contribution in [0.25, 0.3) is 0 Å². The van der Waals surface area contributed by atoms with Gasteiger partial charge in [0.2, 0.25) is 0 Å². The lowest BCUT2D eigenvalue weighted by molar-refractivity contribution is 0.764. The molecule has 0 N–H and O–H groups in total. The zero-order valence-electron chi connectivity index (χ0n) is 4.80. The van der Waals surface area contributed by atoms with Crippen LogP contribution in [0, 0.1) is 0 Å². The van der Waals surface area contributed by atoms with Crippen molar-refractivity contribution in [3.8, 4) is 0 Å². The number of hydrogen-bond acceptors (Lipinski definition) is 1. The molecule has 0 aromatic heterocycles. The van der Waals surface area contributed by atoms with Gasteiger partial charge in [-0.05, 0) is 24.3 Å². The monoisotopic (exact) mass is 165 g/mol. The summed E-state index contributed by atoms with van der Waals surface area (Å²) in [7, 11) is 0. The van der Waals surface area contributed by atoms with Crippen molar-refractivity contribution in [3.63, 3.8) is 0 Å². The molecule has 0 bridgehead atoms. The first-order valence-corrected chi connectivity index (χ1v) is 3.73. The van der Waals surface area contributed by atoms with Crippen LogP contribution >= 0.6 is 35.2 Å². The number of hydrogen-bond donors (Lipinski definition) is 0. The summed E-state index contributed by atoms with van der Waals surface area (Å²) < 4.78 is 0. The third kappa shape index (κ3) is 5.27. The van der Waals surface area contributed by atoms with Crippen LogP contribution < -0.4 is 0 Å². The molecule has 1 rings (SSSR count). The van der Waals surface area contributed by atoms with Crippen LogP contribution in [0.4, 0.5) is 0 Å². The molecule has 0 unspecified atom stereocenters. The first-order chi connectivity index (χ1) is 3.00. The van der Waals surface area contributed by atoms with Gasteiger partial charge in [-0.3, -0.25) is 0 Å². The fourth-order valence-corrected chi connectivity index (χ4v) is 1.71. The van der Waals surface area contributed by atoms with Crippen molar-refractivity contribution >= 4 is 35.2 Å². The molecule has 0 amide bonds. The molecule has 0 spiro atoms. The summed E-state index contributed by atoms with van der Waals surface area (Å²) in [6.07, 6.45) is 4.41. The Morgan fingerprint density at radius 1 is 0.875 bits per heavy atom. The van der Waals surface area contributed by atoms with Crippen LogP contribution in [0.2, 0.25) is 0 Å². The van der Waals surface area contributed by atoms with E-state index in [-0.39, 0.29) is 23.4 Å². The minimum atomic E-state index is 0. The maximum atomic E-state index is 2.09. The molecule has 8 heavy (non-hydrogen) atoms. The van der Waals surface area contributed by atoms with E-state index in [1.54, 1.807) is 0 Å². The summed E-state index contributed by atoms with van der Waals surface area (Å²) in [4.78, 5) is 0. The second-order valence-corrected chi connectivity index (χ2v) is 2.90. The lowest BCUT2D eigenvalue weighted by atomic mass is 10.3. The summed E-state index contributed by atoms with van der Waals surface area (Å²) in [5.74, 6) is 2.83. The molecule has 3 heteroatoms. The van der Waals surface area contributed by atoms with Crippen molar-refractivity contribution < 1.29 is 0 Å². The second kappa shape index (κ2) is 8.13. The maximum Gasteiger partial charge on any atom is 0 e. The minimum Gasteiger partial charge on any atom is -0.162 e.